The summed E-state index contributed by atoms with van der Waals surface area (Å²) in [5.41, 5.74) is 2.34. The van der Waals surface area contributed by atoms with E-state index in [1.165, 1.54) is 0 Å². The molecule has 9 heavy (non-hydrogen) atoms. The first-order valence-electron chi connectivity index (χ1n) is 3.19. The fourth-order valence-corrected chi connectivity index (χ4v) is 0.776. The molecule has 0 aromatic rings. The molecule has 0 aliphatic carbocycles. The van der Waals surface area contributed by atoms with E-state index in [0.717, 1.165) is 6.42 Å². The second kappa shape index (κ2) is 2.82. The molecule has 1 fully saturated rings. The maximum atomic E-state index is 10.6. The summed E-state index contributed by atoms with van der Waals surface area (Å²) in [5.74, 6) is 0.503. The van der Waals surface area contributed by atoms with Crippen LogP contribution in [0, 0.1) is 5.92 Å². The molecule has 1 N–H and O–H groups in total. The summed E-state index contributed by atoms with van der Waals surface area (Å²) in [4.78, 5) is 15.4. The number of carbonyl (C=O) groups is 1. The van der Waals surface area contributed by atoms with E-state index in [4.69, 9.17) is 4.84 Å². The zero-order valence-electron chi connectivity index (χ0n) is 5.52. The van der Waals surface area contributed by atoms with E-state index in [0.29, 0.717) is 18.9 Å². The maximum Gasteiger partial charge on any atom is 0.243 e. The van der Waals surface area contributed by atoms with Crippen LogP contribution < -0.4 is 5.48 Å². The third-order valence-electron chi connectivity index (χ3n) is 1.42. The van der Waals surface area contributed by atoms with Crippen molar-refractivity contribution < 1.29 is 9.63 Å². The molecule has 1 amide bonds. The Bertz CT molecular complexity index is 114. The lowest BCUT2D eigenvalue weighted by Crippen LogP contribution is -2.20. The third-order valence-corrected chi connectivity index (χ3v) is 1.42. The Morgan fingerprint density at radius 1 is 1.78 bits per heavy atom. The van der Waals surface area contributed by atoms with Crippen LogP contribution in [0.15, 0.2) is 0 Å². The zero-order valence-corrected chi connectivity index (χ0v) is 5.52. The molecule has 3 nitrogen and oxygen atoms in total. The summed E-state index contributed by atoms with van der Waals surface area (Å²) in [6, 6.07) is 0. The lowest BCUT2D eigenvalue weighted by Gasteiger charge is -2.01. The van der Waals surface area contributed by atoms with Crippen molar-refractivity contribution in [3.05, 3.63) is 0 Å². The van der Waals surface area contributed by atoms with Gasteiger partial charge in [0.05, 0.1) is 6.61 Å². The molecular weight excluding hydrogens is 118 g/mol. The van der Waals surface area contributed by atoms with Crippen LogP contribution >= 0.6 is 0 Å². The smallest absolute Gasteiger partial charge is 0.243 e. The molecule has 1 unspecified atom stereocenters. The van der Waals surface area contributed by atoms with Gasteiger partial charge in [0, 0.05) is 6.42 Å². The molecule has 0 saturated carbocycles. The lowest BCUT2D eigenvalue weighted by molar-refractivity contribution is -0.131. The largest absolute Gasteiger partial charge is 0.273 e. The quantitative estimate of drug-likeness (QED) is 0.516. The van der Waals surface area contributed by atoms with Crippen LogP contribution in [0.4, 0.5) is 0 Å². The Morgan fingerprint density at radius 2 is 2.56 bits per heavy atom. The third kappa shape index (κ3) is 2.01. The SMILES string of the molecule is CC1CCC(=O)NOC1. The minimum atomic E-state index is -0.000602. The van der Waals surface area contributed by atoms with Crippen LogP contribution in [-0.2, 0) is 9.63 Å². The van der Waals surface area contributed by atoms with Gasteiger partial charge in [-0.25, -0.2) is 5.48 Å². The maximum absolute atomic E-state index is 10.6. The second-order valence-corrected chi connectivity index (χ2v) is 2.48. The number of hydrogen-bond acceptors (Lipinski definition) is 2. The summed E-state index contributed by atoms with van der Waals surface area (Å²) >= 11 is 0. The van der Waals surface area contributed by atoms with Crippen molar-refractivity contribution in [2.45, 2.75) is 19.8 Å². The van der Waals surface area contributed by atoms with Crippen molar-refractivity contribution in [3.63, 3.8) is 0 Å². The first-order chi connectivity index (χ1) is 4.29. The minimum absolute atomic E-state index is 0.000602. The van der Waals surface area contributed by atoms with E-state index in [1.54, 1.807) is 0 Å². The van der Waals surface area contributed by atoms with Crippen molar-refractivity contribution in [2.75, 3.05) is 6.61 Å². The highest BCUT2D eigenvalue weighted by atomic mass is 16.7. The number of carbonyl (C=O) groups excluding carboxylic acids is 1. The van der Waals surface area contributed by atoms with E-state index in [9.17, 15) is 4.79 Å². The van der Waals surface area contributed by atoms with E-state index in [2.05, 4.69) is 12.4 Å². The summed E-state index contributed by atoms with van der Waals surface area (Å²) < 4.78 is 0. The first-order valence-corrected chi connectivity index (χ1v) is 3.19. The first kappa shape index (κ1) is 6.55. The van der Waals surface area contributed by atoms with Gasteiger partial charge in [-0.1, -0.05) is 6.92 Å². The predicted molar refractivity (Wildman–Crippen MR) is 32.5 cm³/mol. The van der Waals surface area contributed by atoms with Gasteiger partial charge in [-0.15, -0.1) is 0 Å². The molecule has 0 aromatic heterocycles. The molecule has 3 heteroatoms. The van der Waals surface area contributed by atoms with Gasteiger partial charge in [0.25, 0.3) is 0 Å². The van der Waals surface area contributed by atoms with E-state index in [1.807, 2.05) is 0 Å². The number of rotatable bonds is 0. The van der Waals surface area contributed by atoms with Crippen LogP contribution in [0.1, 0.15) is 19.8 Å². The van der Waals surface area contributed by atoms with Gasteiger partial charge in [0.1, 0.15) is 0 Å². The Hall–Kier alpha value is -0.570. The van der Waals surface area contributed by atoms with Gasteiger partial charge in [0.15, 0.2) is 0 Å². The molecule has 0 aromatic carbocycles. The number of hydrogen-bond donors (Lipinski definition) is 1. The van der Waals surface area contributed by atoms with Crippen molar-refractivity contribution in [1.29, 1.82) is 0 Å². The van der Waals surface area contributed by atoms with Crippen LogP contribution in [0.25, 0.3) is 0 Å². The van der Waals surface area contributed by atoms with Gasteiger partial charge >= 0.3 is 0 Å². The van der Waals surface area contributed by atoms with E-state index in [-0.39, 0.29) is 5.91 Å². The topological polar surface area (TPSA) is 38.3 Å². The van der Waals surface area contributed by atoms with Crippen LogP contribution in [-0.4, -0.2) is 12.5 Å². The number of nitrogens with one attached hydrogen (secondary N) is 1. The van der Waals surface area contributed by atoms with Gasteiger partial charge in [0.2, 0.25) is 5.91 Å². The second-order valence-electron chi connectivity index (χ2n) is 2.48. The number of amides is 1. The molecule has 1 saturated heterocycles. The summed E-state index contributed by atoms with van der Waals surface area (Å²) in [7, 11) is 0. The Balaban J connectivity index is 2.34. The average molecular weight is 129 g/mol. The highest BCUT2D eigenvalue weighted by Gasteiger charge is 2.11. The van der Waals surface area contributed by atoms with Gasteiger partial charge < -0.3 is 0 Å². The normalized spacial score (nSPS) is 29.0. The van der Waals surface area contributed by atoms with Gasteiger partial charge in [-0.3, -0.25) is 9.63 Å². The molecule has 1 heterocycles. The zero-order chi connectivity index (χ0) is 6.69. The highest BCUT2D eigenvalue weighted by Crippen LogP contribution is 2.07. The summed E-state index contributed by atoms with van der Waals surface area (Å²) in [6.07, 6.45) is 1.53. The lowest BCUT2D eigenvalue weighted by atomic mass is 10.1. The molecule has 1 aliphatic heterocycles. The monoisotopic (exact) mass is 129 g/mol. The van der Waals surface area contributed by atoms with Crippen LogP contribution in [0.2, 0.25) is 0 Å². The van der Waals surface area contributed by atoms with Crippen molar-refractivity contribution >= 4 is 5.91 Å². The summed E-state index contributed by atoms with van der Waals surface area (Å²) in [6.45, 7) is 2.71. The van der Waals surface area contributed by atoms with E-state index < -0.39 is 0 Å². The fourth-order valence-electron chi connectivity index (χ4n) is 0.776. The van der Waals surface area contributed by atoms with Crippen LogP contribution in [0.3, 0.4) is 0 Å². The predicted octanol–water partition coefficient (Wildman–Crippen LogP) is 0.464. The summed E-state index contributed by atoms with van der Waals surface area (Å²) in [5, 5.41) is 0. The molecular formula is C6H11NO2. The average Bonchev–Trinajstić information content (AvgIpc) is 1.97. The van der Waals surface area contributed by atoms with Crippen molar-refractivity contribution in [3.8, 4) is 0 Å². The van der Waals surface area contributed by atoms with Gasteiger partial charge in [-0.2, -0.15) is 0 Å². The Morgan fingerprint density at radius 3 is 3.33 bits per heavy atom. The molecule has 1 aliphatic rings. The number of hydroxylamine groups is 1. The highest BCUT2D eigenvalue weighted by molar-refractivity contribution is 5.74. The molecule has 0 bridgehead atoms. The Labute approximate surface area is 54.3 Å². The molecule has 1 atom stereocenters. The molecule has 0 spiro atoms. The molecule has 1 rings (SSSR count). The van der Waals surface area contributed by atoms with E-state index >= 15 is 0 Å². The van der Waals surface area contributed by atoms with Crippen molar-refractivity contribution in [2.24, 2.45) is 5.92 Å². The standard InChI is InChI=1S/C6H11NO2/c1-5-2-3-6(8)7-9-4-5/h5H,2-4H2,1H3,(H,7,8). The van der Waals surface area contributed by atoms with Crippen molar-refractivity contribution in [1.82, 2.24) is 5.48 Å². The Kier molecular flexibility index (Phi) is 2.05. The molecule has 52 valence electrons. The molecule has 0 radical (unpaired) electrons. The van der Waals surface area contributed by atoms with Crippen LogP contribution in [0.5, 0.6) is 0 Å². The minimum Gasteiger partial charge on any atom is -0.273 e. The van der Waals surface area contributed by atoms with Gasteiger partial charge in [-0.05, 0) is 12.3 Å². The fraction of sp³-hybridized carbons (Fsp3) is 0.833.